The highest BCUT2D eigenvalue weighted by Crippen LogP contribution is 2.48. The van der Waals surface area contributed by atoms with Crippen LogP contribution in [0.3, 0.4) is 0 Å². The second-order valence-electron chi connectivity index (χ2n) is 9.78. The molecule has 2 fully saturated rings. The Morgan fingerprint density at radius 2 is 1.67 bits per heavy atom. The van der Waals surface area contributed by atoms with Crippen molar-refractivity contribution in [2.24, 2.45) is 23.5 Å². The third-order valence-corrected chi connectivity index (χ3v) is 7.53. The third kappa shape index (κ3) is 4.62. The molecule has 36 heavy (non-hydrogen) atoms. The molecule has 3 N–H and O–H groups in total. The van der Waals surface area contributed by atoms with Crippen LogP contribution in [-0.2, 0) is 4.74 Å². The van der Waals surface area contributed by atoms with Crippen molar-refractivity contribution in [1.29, 1.82) is 0 Å². The number of methoxy groups -OCH3 is 1. The van der Waals surface area contributed by atoms with Crippen molar-refractivity contribution in [3.63, 3.8) is 0 Å². The lowest BCUT2D eigenvalue weighted by Gasteiger charge is -2.38. The Balaban J connectivity index is 1.73. The zero-order valence-corrected chi connectivity index (χ0v) is 19.5. The summed E-state index contributed by atoms with van der Waals surface area (Å²) in [4.78, 5) is 28.9. The van der Waals surface area contributed by atoms with E-state index in [4.69, 9.17) is 10.5 Å². The zero-order chi connectivity index (χ0) is 26.7. The Bertz CT molecular complexity index is 1140. The van der Waals surface area contributed by atoms with Crippen molar-refractivity contribution in [3.8, 4) is 0 Å². The van der Waals surface area contributed by atoms with Crippen molar-refractivity contribution in [2.45, 2.75) is 56.7 Å². The predicted molar refractivity (Wildman–Crippen MR) is 115 cm³/mol. The van der Waals surface area contributed by atoms with Gasteiger partial charge in [-0.2, -0.15) is 26.3 Å². The smallest absolute Gasteiger partial charge is 0.373 e. The lowest BCUT2D eigenvalue weighted by atomic mass is 9.86. The Morgan fingerprint density at radius 3 is 2.17 bits per heavy atom. The van der Waals surface area contributed by atoms with Crippen molar-refractivity contribution in [1.82, 2.24) is 14.5 Å². The number of aromatic nitrogens is 2. The van der Waals surface area contributed by atoms with E-state index in [0.29, 0.717) is 12.8 Å². The van der Waals surface area contributed by atoms with E-state index in [1.807, 2.05) is 0 Å². The molecule has 4 atom stereocenters. The van der Waals surface area contributed by atoms with E-state index in [2.05, 4.69) is 4.98 Å². The Kier molecular flexibility index (Phi) is 6.92. The highest BCUT2D eigenvalue weighted by atomic mass is 19.4. The van der Waals surface area contributed by atoms with E-state index in [1.54, 1.807) is 0 Å². The molecule has 14 heteroatoms. The van der Waals surface area contributed by atoms with Crippen LogP contribution in [0.2, 0.25) is 0 Å². The number of likely N-dealkylation sites (tertiary alicyclic amines) is 1. The average molecular weight is 528 g/mol. The maximum atomic E-state index is 15.8. The number of alkyl halides is 6. The van der Waals surface area contributed by atoms with Gasteiger partial charge < -0.3 is 10.5 Å². The molecule has 1 aromatic rings. The third-order valence-electron chi connectivity index (χ3n) is 7.53. The first-order valence-electron chi connectivity index (χ1n) is 11.6. The molecule has 0 amide bonds. The van der Waals surface area contributed by atoms with Crippen LogP contribution in [0.4, 0.5) is 30.7 Å². The van der Waals surface area contributed by atoms with E-state index in [0.717, 1.165) is 0 Å². The molecule has 0 aromatic carbocycles. The molecule has 1 saturated heterocycles. The fourth-order valence-electron chi connectivity index (χ4n) is 5.61. The monoisotopic (exact) mass is 528 g/mol. The average Bonchev–Trinajstić information content (AvgIpc) is 3.51. The number of aromatic amines is 1. The Morgan fingerprint density at radius 1 is 1.08 bits per heavy atom. The highest BCUT2D eigenvalue weighted by Gasteiger charge is 2.58. The van der Waals surface area contributed by atoms with E-state index in [9.17, 15) is 35.9 Å². The quantitative estimate of drug-likeness (QED) is 0.553. The van der Waals surface area contributed by atoms with Gasteiger partial charge >= 0.3 is 18.0 Å². The summed E-state index contributed by atoms with van der Waals surface area (Å²) in [7, 11) is 1.25. The largest absolute Gasteiger partial charge is 0.400 e. The van der Waals surface area contributed by atoms with Crippen LogP contribution in [0, 0.1) is 17.8 Å². The fraction of sp³-hybridized carbons (Fsp3) is 0.727. The fourth-order valence-corrected chi connectivity index (χ4v) is 5.61. The summed E-state index contributed by atoms with van der Waals surface area (Å²) < 4.78 is 102. The van der Waals surface area contributed by atoms with Crippen molar-refractivity contribution in [2.75, 3.05) is 26.7 Å². The van der Waals surface area contributed by atoms with Crippen molar-refractivity contribution < 1.29 is 35.5 Å². The molecular weight excluding hydrogens is 501 g/mol. The summed E-state index contributed by atoms with van der Waals surface area (Å²) in [6.07, 6.45) is -12.1. The number of H-pyrrole nitrogens is 1. The maximum Gasteiger partial charge on any atom is 0.400 e. The predicted octanol–water partition coefficient (Wildman–Crippen LogP) is 3.28. The number of nitrogens with zero attached hydrogens (tertiary/aromatic N) is 2. The van der Waals surface area contributed by atoms with Gasteiger partial charge in [0.25, 0.3) is 5.56 Å². The number of hydrogen-bond donors (Lipinski definition) is 2. The van der Waals surface area contributed by atoms with Gasteiger partial charge in [0, 0.05) is 26.2 Å². The molecule has 1 saturated carbocycles. The van der Waals surface area contributed by atoms with Crippen LogP contribution in [0.5, 0.6) is 0 Å². The number of nitrogens with one attached hydrogen (secondary N) is 1. The van der Waals surface area contributed by atoms with Crippen LogP contribution in [0.25, 0.3) is 5.57 Å². The number of ether oxygens (including phenoxy) is 1. The molecule has 4 rings (SSSR count). The Hall–Kier alpha value is -2.19. The summed E-state index contributed by atoms with van der Waals surface area (Å²) in [5.74, 6) is -6.19. The zero-order valence-electron chi connectivity index (χ0n) is 19.5. The van der Waals surface area contributed by atoms with Crippen LogP contribution in [0.15, 0.2) is 15.4 Å². The SMILES string of the molecule is COC1c2c(c(=O)[nH]c(=O)n2C2CC2)C(C)=C(F)C1N1CC(CN)C(CC(C(F)(F)F)C(F)(F)F)C1. The standard InChI is InChI=1S/C22H27F7N4O3/c1-9-14-16(33(12-3-4-12)20(35)31-19(14)34)18(36-2)17(15(9)23)32-7-10(11(6-30)8-32)5-13(21(24,25)26)22(27,28)29/h10-13,17-18H,3-8,30H2,1-2H3,(H,31,34,35). The molecule has 3 aliphatic rings. The maximum absolute atomic E-state index is 15.8. The van der Waals surface area contributed by atoms with Gasteiger partial charge in [0.05, 0.1) is 17.3 Å². The van der Waals surface area contributed by atoms with E-state index < -0.39 is 65.7 Å². The van der Waals surface area contributed by atoms with Gasteiger partial charge in [0.15, 0.2) is 5.92 Å². The van der Waals surface area contributed by atoms with E-state index in [-0.39, 0.29) is 42.5 Å². The van der Waals surface area contributed by atoms with Crippen LogP contribution < -0.4 is 17.0 Å². The molecule has 4 unspecified atom stereocenters. The van der Waals surface area contributed by atoms with E-state index in [1.165, 1.54) is 23.5 Å². The lowest BCUT2D eigenvalue weighted by Crippen LogP contribution is -2.47. The van der Waals surface area contributed by atoms with Crippen molar-refractivity contribution in [3.05, 3.63) is 37.9 Å². The molecule has 0 bridgehead atoms. The Labute approximate surface area is 201 Å². The molecule has 2 aliphatic carbocycles. The summed E-state index contributed by atoms with van der Waals surface area (Å²) >= 11 is 0. The number of fused-ring (bicyclic) bond motifs is 1. The number of hydrogen-bond acceptors (Lipinski definition) is 5. The summed E-state index contributed by atoms with van der Waals surface area (Å²) in [6.45, 7) is 0.797. The molecule has 1 aliphatic heterocycles. The molecule has 0 radical (unpaired) electrons. The van der Waals surface area contributed by atoms with E-state index >= 15 is 4.39 Å². The first-order chi connectivity index (χ1) is 16.7. The molecule has 7 nitrogen and oxygen atoms in total. The second-order valence-corrected chi connectivity index (χ2v) is 9.78. The molecule has 0 spiro atoms. The number of allylic oxidation sites excluding steroid dienone is 1. The molecular formula is C22H27F7N4O3. The second kappa shape index (κ2) is 9.28. The van der Waals surface area contributed by atoms with Crippen LogP contribution in [-0.4, -0.2) is 59.6 Å². The van der Waals surface area contributed by atoms with Gasteiger partial charge in [-0.25, -0.2) is 9.18 Å². The number of halogens is 7. The molecule has 202 valence electrons. The van der Waals surface area contributed by atoms with Gasteiger partial charge in [-0.15, -0.1) is 0 Å². The van der Waals surface area contributed by atoms with Gasteiger partial charge in [-0.3, -0.25) is 19.2 Å². The first-order valence-corrected chi connectivity index (χ1v) is 11.6. The summed E-state index contributed by atoms with van der Waals surface area (Å²) in [6, 6.07) is -1.47. The summed E-state index contributed by atoms with van der Waals surface area (Å²) in [5.41, 5.74) is 4.28. The lowest BCUT2D eigenvalue weighted by molar-refractivity contribution is -0.288. The van der Waals surface area contributed by atoms with Crippen molar-refractivity contribution >= 4 is 5.57 Å². The highest BCUT2D eigenvalue weighted by molar-refractivity contribution is 5.70. The van der Waals surface area contributed by atoms with Gasteiger partial charge in [-0.1, -0.05) is 0 Å². The first kappa shape index (κ1) is 26.9. The summed E-state index contributed by atoms with van der Waals surface area (Å²) in [5, 5.41) is 0. The van der Waals surface area contributed by atoms with Gasteiger partial charge in [-0.05, 0) is 50.1 Å². The van der Waals surface area contributed by atoms with Crippen LogP contribution >= 0.6 is 0 Å². The van der Waals surface area contributed by atoms with Gasteiger partial charge in [0.1, 0.15) is 11.9 Å². The minimum atomic E-state index is -5.49. The van der Waals surface area contributed by atoms with Gasteiger partial charge in [0.2, 0.25) is 0 Å². The van der Waals surface area contributed by atoms with Crippen LogP contribution in [0.1, 0.15) is 49.6 Å². The molecule has 1 aromatic heterocycles. The molecule has 2 heterocycles. The minimum Gasteiger partial charge on any atom is -0.373 e. The minimum absolute atomic E-state index is 0.0533. The number of nitrogens with two attached hydrogens (primary N) is 1. The topological polar surface area (TPSA) is 93.3 Å². The normalized spacial score (nSPS) is 27.8. The number of rotatable bonds is 6.